The number of anilines is 1. The number of ether oxygens (including phenoxy) is 1. The van der Waals surface area contributed by atoms with Crippen LogP contribution in [0.5, 0.6) is 5.75 Å². The van der Waals surface area contributed by atoms with Crippen molar-refractivity contribution in [2.24, 2.45) is 5.92 Å². The van der Waals surface area contributed by atoms with E-state index in [1.54, 1.807) is 7.11 Å². The Kier molecular flexibility index (Phi) is 3.87. The summed E-state index contributed by atoms with van der Waals surface area (Å²) in [6, 6.07) is 10.4. The molecule has 2 heterocycles. The smallest absolute Gasteiger partial charge is 0.129 e. The molecule has 0 bridgehead atoms. The van der Waals surface area contributed by atoms with Crippen molar-refractivity contribution in [1.82, 2.24) is 9.88 Å². The van der Waals surface area contributed by atoms with Crippen molar-refractivity contribution in [1.29, 1.82) is 0 Å². The van der Waals surface area contributed by atoms with Gasteiger partial charge < -0.3 is 9.64 Å². The summed E-state index contributed by atoms with van der Waals surface area (Å²) < 4.78 is 5.33. The topological polar surface area (TPSA) is 28.6 Å². The Morgan fingerprint density at radius 2 is 1.75 bits per heavy atom. The predicted octanol–water partition coefficient (Wildman–Crippen LogP) is 3.55. The summed E-state index contributed by atoms with van der Waals surface area (Å²) in [7, 11) is 1.70. The number of benzene rings is 1. The van der Waals surface area contributed by atoms with Crippen LogP contribution in [0.1, 0.15) is 26.7 Å². The number of aromatic nitrogens is 1. The van der Waals surface area contributed by atoms with E-state index in [4.69, 9.17) is 9.72 Å². The van der Waals surface area contributed by atoms with Crippen molar-refractivity contribution < 1.29 is 4.74 Å². The number of nitrogens with zero attached hydrogens (tertiary/aromatic N) is 3. The van der Waals surface area contributed by atoms with Crippen LogP contribution in [0, 0.1) is 5.92 Å². The molecule has 1 saturated heterocycles. The number of hydrogen-bond donors (Lipinski definition) is 0. The normalized spacial score (nSPS) is 19.7. The Balaban J connectivity index is 1.49. The van der Waals surface area contributed by atoms with E-state index in [-0.39, 0.29) is 0 Å². The fourth-order valence-electron chi connectivity index (χ4n) is 3.95. The van der Waals surface area contributed by atoms with E-state index in [0.717, 1.165) is 54.6 Å². The van der Waals surface area contributed by atoms with E-state index in [1.165, 1.54) is 12.8 Å². The van der Waals surface area contributed by atoms with Crippen LogP contribution in [0.4, 0.5) is 5.82 Å². The van der Waals surface area contributed by atoms with Crippen molar-refractivity contribution in [3.05, 3.63) is 30.3 Å². The predicted molar refractivity (Wildman–Crippen MR) is 98.9 cm³/mol. The van der Waals surface area contributed by atoms with Gasteiger partial charge in [0.1, 0.15) is 11.6 Å². The zero-order valence-electron chi connectivity index (χ0n) is 15.0. The van der Waals surface area contributed by atoms with Gasteiger partial charge in [-0.05, 0) is 56.9 Å². The molecule has 0 unspecified atom stereocenters. The van der Waals surface area contributed by atoms with E-state index < -0.39 is 0 Å². The van der Waals surface area contributed by atoms with Gasteiger partial charge in [-0.1, -0.05) is 0 Å². The molecular weight excluding hydrogens is 298 g/mol. The number of hydrogen-bond acceptors (Lipinski definition) is 4. The third-order valence-electron chi connectivity index (χ3n) is 5.88. The third-order valence-corrected chi connectivity index (χ3v) is 5.88. The first-order valence-corrected chi connectivity index (χ1v) is 9.03. The van der Waals surface area contributed by atoms with E-state index >= 15 is 0 Å². The lowest BCUT2D eigenvalue weighted by atomic mass is 9.95. The molecule has 4 heteroatoms. The minimum atomic E-state index is 0.357. The third kappa shape index (κ3) is 2.84. The maximum Gasteiger partial charge on any atom is 0.129 e. The number of piperazine rings is 1. The summed E-state index contributed by atoms with van der Waals surface area (Å²) in [5.74, 6) is 2.85. The van der Waals surface area contributed by atoms with Gasteiger partial charge in [0.15, 0.2) is 0 Å². The first-order valence-electron chi connectivity index (χ1n) is 9.03. The second kappa shape index (κ2) is 5.92. The van der Waals surface area contributed by atoms with Crippen molar-refractivity contribution in [3.8, 4) is 5.75 Å². The lowest BCUT2D eigenvalue weighted by Gasteiger charge is -2.44. The van der Waals surface area contributed by atoms with Crippen molar-refractivity contribution in [3.63, 3.8) is 0 Å². The molecule has 4 nitrogen and oxygen atoms in total. The minimum absolute atomic E-state index is 0.357. The molecule has 0 radical (unpaired) electrons. The van der Waals surface area contributed by atoms with Crippen LogP contribution in [0.25, 0.3) is 10.9 Å². The van der Waals surface area contributed by atoms with Crippen LogP contribution in [0.3, 0.4) is 0 Å². The van der Waals surface area contributed by atoms with E-state index in [1.807, 2.05) is 12.1 Å². The average Bonchev–Trinajstić information content (AvgIpc) is 3.46. The highest BCUT2D eigenvalue weighted by Crippen LogP contribution is 2.43. The molecular formula is C20H27N3O. The van der Waals surface area contributed by atoms with Gasteiger partial charge in [-0.2, -0.15) is 0 Å². The quantitative estimate of drug-likeness (QED) is 0.859. The molecule has 1 saturated carbocycles. The molecule has 4 rings (SSSR count). The number of pyridine rings is 1. The second-order valence-corrected chi connectivity index (χ2v) is 7.63. The molecule has 24 heavy (non-hydrogen) atoms. The zero-order valence-corrected chi connectivity index (χ0v) is 15.0. The van der Waals surface area contributed by atoms with Gasteiger partial charge >= 0.3 is 0 Å². The molecule has 0 N–H and O–H groups in total. The Hall–Kier alpha value is -1.81. The van der Waals surface area contributed by atoms with Crippen LogP contribution in [0.2, 0.25) is 0 Å². The van der Waals surface area contributed by atoms with Crippen molar-refractivity contribution in [2.45, 2.75) is 32.2 Å². The first kappa shape index (κ1) is 15.7. The lowest BCUT2D eigenvalue weighted by Crippen LogP contribution is -2.55. The van der Waals surface area contributed by atoms with E-state index in [0.29, 0.717) is 5.54 Å². The highest BCUT2D eigenvalue weighted by molar-refractivity contribution is 5.81. The minimum Gasteiger partial charge on any atom is -0.497 e. The Labute approximate surface area is 144 Å². The Morgan fingerprint density at radius 3 is 2.42 bits per heavy atom. The summed E-state index contributed by atoms with van der Waals surface area (Å²) in [6.07, 6.45) is 2.81. The summed E-state index contributed by atoms with van der Waals surface area (Å²) in [5, 5.41) is 1.16. The first-order chi connectivity index (χ1) is 11.6. The van der Waals surface area contributed by atoms with E-state index in [2.05, 4.69) is 41.8 Å². The molecule has 1 aliphatic carbocycles. The zero-order chi connectivity index (χ0) is 16.7. The van der Waals surface area contributed by atoms with Gasteiger partial charge in [-0.25, -0.2) is 4.98 Å². The summed E-state index contributed by atoms with van der Waals surface area (Å²) in [5.41, 5.74) is 1.36. The molecule has 128 valence electrons. The van der Waals surface area contributed by atoms with Gasteiger partial charge in [-0.15, -0.1) is 0 Å². The van der Waals surface area contributed by atoms with Crippen molar-refractivity contribution >= 4 is 16.7 Å². The fourth-order valence-corrected chi connectivity index (χ4v) is 3.95. The highest BCUT2D eigenvalue weighted by Gasteiger charge is 2.42. The fraction of sp³-hybridized carbons (Fsp3) is 0.550. The van der Waals surface area contributed by atoms with Crippen LogP contribution in [-0.4, -0.2) is 48.7 Å². The molecule has 0 atom stereocenters. The molecule has 0 spiro atoms. The van der Waals surface area contributed by atoms with Gasteiger partial charge in [0.05, 0.1) is 12.6 Å². The number of methoxy groups -OCH3 is 1. The van der Waals surface area contributed by atoms with Gasteiger partial charge in [0.25, 0.3) is 0 Å². The molecule has 1 aromatic carbocycles. The van der Waals surface area contributed by atoms with Crippen LogP contribution in [-0.2, 0) is 0 Å². The Bertz CT molecular complexity index is 731. The monoisotopic (exact) mass is 325 g/mol. The van der Waals surface area contributed by atoms with E-state index in [9.17, 15) is 0 Å². The molecule has 2 aromatic rings. The average molecular weight is 325 g/mol. The van der Waals surface area contributed by atoms with Crippen molar-refractivity contribution in [2.75, 3.05) is 38.2 Å². The summed E-state index contributed by atoms with van der Waals surface area (Å²) in [4.78, 5) is 9.96. The molecule has 1 aromatic heterocycles. The second-order valence-electron chi connectivity index (χ2n) is 7.63. The van der Waals surface area contributed by atoms with Crippen LogP contribution in [0.15, 0.2) is 30.3 Å². The molecule has 2 fully saturated rings. The Morgan fingerprint density at radius 1 is 1.04 bits per heavy atom. The van der Waals surface area contributed by atoms with Gasteiger partial charge in [0, 0.05) is 43.2 Å². The van der Waals surface area contributed by atoms with Crippen LogP contribution < -0.4 is 9.64 Å². The molecule has 2 aliphatic rings. The number of rotatable bonds is 4. The standard InChI is InChI=1S/C20H27N3O/c1-20(2,16-6-7-16)23-12-10-22(11-13-23)19-9-5-15-4-8-17(24-3)14-18(15)21-19/h4-5,8-9,14,16H,6-7,10-13H2,1-3H3. The van der Waals surface area contributed by atoms with Gasteiger partial charge in [0.2, 0.25) is 0 Å². The largest absolute Gasteiger partial charge is 0.497 e. The summed E-state index contributed by atoms with van der Waals surface area (Å²) in [6.45, 7) is 9.20. The SMILES string of the molecule is COc1ccc2ccc(N3CCN(C(C)(C)C4CC4)CC3)nc2c1. The lowest BCUT2D eigenvalue weighted by molar-refractivity contribution is 0.0918. The molecule has 0 amide bonds. The van der Waals surface area contributed by atoms with Gasteiger partial charge in [-0.3, -0.25) is 4.90 Å². The highest BCUT2D eigenvalue weighted by atomic mass is 16.5. The van der Waals surface area contributed by atoms with Crippen LogP contribution >= 0.6 is 0 Å². The summed E-state index contributed by atoms with van der Waals surface area (Å²) >= 11 is 0. The molecule has 1 aliphatic heterocycles. The maximum absolute atomic E-state index is 5.33. The number of fused-ring (bicyclic) bond motifs is 1. The maximum atomic E-state index is 5.33.